The van der Waals surface area contributed by atoms with E-state index in [9.17, 15) is 0 Å². The molecule has 1 aromatic carbocycles. The lowest BCUT2D eigenvalue weighted by Gasteiger charge is -2.17. The van der Waals surface area contributed by atoms with Gasteiger partial charge in [-0.25, -0.2) is 0 Å². The minimum atomic E-state index is -0.430. The van der Waals surface area contributed by atoms with Crippen LogP contribution >= 0.6 is 15.9 Å². The van der Waals surface area contributed by atoms with E-state index < -0.39 is 5.79 Å². The van der Waals surface area contributed by atoms with Crippen LogP contribution in [0.4, 0.5) is 0 Å². The van der Waals surface area contributed by atoms with Gasteiger partial charge in [-0.3, -0.25) is 0 Å². The van der Waals surface area contributed by atoms with E-state index in [1.54, 1.807) is 0 Å². The molecule has 0 spiro atoms. The number of nitrogens with one attached hydrogen (secondary N) is 1. The second kappa shape index (κ2) is 5.70. The molecule has 1 aromatic rings. The van der Waals surface area contributed by atoms with Crippen LogP contribution in [0.1, 0.15) is 25.0 Å². The van der Waals surface area contributed by atoms with Crippen molar-refractivity contribution >= 4 is 15.9 Å². The average molecular weight is 314 g/mol. The summed E-state index contributed by atoms with van der Waals surface area (Å²) in [6.45, 7) is 8.34. The van der Waals surface area contributed by atoms with Crippen molar-refractivity contribution in [3.63, 3.8) is 0 Å². The maximum Gasteiger partial charge on any atom is 0.163 e. The molecule has 0 saturated carbocycles. The van der Waals surface area contributed by atoms with Crippen LogP contribution in [0.2, 0.25) is 0 Å². The van der Waals surface area contributed by atoms with Crippen molar-refractivity contribution in [2.24, 2.45) is 0 Å². The van der Waals surface area contributed by atoms with Crippen molar-refractivity contribution in [1.82, 2.24) is 5.32 Å². The van der Waals surface area contributed by atoms with Crippen molar-refractivity contribution in [2.75, 3.05) is 13.2 Å². The van der Waals surface area contributed by atoms with E-state index in [4.69, 9.17) is 9.47 Å². The Bertz CT molecular complexity index is 420. The second-order valence-corrected chi connectivity index (χ2v) is 6.02. The van der Waals surface area contributed by atoms with Gasteiger partial charge in [0.2, 0.25) is 0 Å². The highest BCUT2D eigenvalue weighted by Gasteiger charge is 2.32. The van der Waals surface area contributed by atoms with Crippen LogP contribution in [0, 0.1) is 6.92 Å². The summed E-state index contributed by atoms with van der Waals surface area (Å²) in [5.74, 6) is -0.430. The molecule has 0 aromatic heterocycles. The first-order valence-electron chi connectivity index (χ1n) is 6.24. The molecule has 0 aliphatic carbocycles. The number of aryl methyl sites for hydroxylation is 1. The van der Waals surface area contributed by atoms with E-state index in [-0.39, 0.29) is 6.10 Å². The van der Waals surface area contributed by atoms with Crippen LogP contribution in [0.3, 0.4) is 0 Å². The normalized spacial score (nSPS) is 22.3. The van der Waals surface area contributed by atoms with Gasteiger partial charge in [-0.1, -0.05) is 28.1 Å². The molecule has 4 heteroatoms. The highest BCUT2D eigenvalue weighted by atomic mass is 79.9. The summed E-state index contributed by atoms with van der Waals surface area (Å²) in [6.07, 6.45) is 0.150. The summed E-state index contributed by atoms with van der Waals surface area (Å²) in [6, 6.07) is 6.40. The summed E-state index contributed by atoms with van der Waals surface area (Å²) in [7, 11) is 0. The third-order valence-corrected chi connectivity index (χ3v) is 3.88. The van der Waals surface area contributed by atoms with Gasteiger partial charge in [0.15, 0.2) is 5.79 Å². The van der Waals surface area contributed by atoms with Gasteiger partial charge in [0, 0.05) is 17.6 Å². The van der Waals surface area contributed by atoms with Crippen LogP contribution in [0.15, 0.2) is 22.7 Å². The van der Waals surface area contributed by atoms with Gasteiger partial charge < -0.3 is 14.8 Å². The van der Waals surface area contributed by atoms with Crippen LogP contribution in [-0.2, 0) is 16.0 Å². The van der Waals surface area contributed by atoms with Gasteiger partial charge in [0.05, 0.1) is 12.7 Å². The van der Waals surface area contributed by atoms with Crippen molar-refractivity contribution < 1.29 is 9.47 Å². The monoisotopic (exact) mass is 313 g/mol. The molecule has 1 unspecified atom stereocenters. The van der Waals surface area contributed by atoms with E-state index >= 15 is 0 Å². The molecule has 1 atom stereocenters. The Hall–Kier alpha value is -0.420. The van der Waals surface area contributed by atoms with E-state index in [0.29, 0.717) is 6.61 Å². The molecule has 1 aliphatic heterocycles. The maximum atomic E-state index is 5.74. The molecule has 0 amide bonds. The molecule has 1 heterocycles. The highest BCUT2D eigenvalue weighted by molar-refractivity contribution is 9.10. The molecule has 3 nitrogen and oxygen atoms in total. The number of hydrogen-bond donors (Lipinski definition) is 1. The van der Waals surface area contributed by atoms with Crippen LogP contribution in [0.25, 0.3) is 0 Å². The standard InChI is InChI=1S/C14H20BrNO2/c1-10-6-11(4-5-13(10)15)7-16-8-12-9-17-14(2,3)18-12/h4-6,12,16H,7-9H2,1-3H3. The zero-order chi connectivity index (χ0) is 13.2. The van der Waals surface area contributed by atoms with Gasteiger partial charge in [-0.05, 0) is 38.0 Å². The van der Waals surface area contributed by atoms with Crippen LogP contribution in [-0.4, -0.2) is 25.0 Å². The third-order valence-electron chi connectivity index (χ3n) is 2.99. The molecule has 18 heavy (non-hydrogen) atoms. The molecule has 1 fully saturated rings. The first-order valence-corrected chi connectivity index (χ1v) is 7.03. The first kappa shape index (κ1) is 14.0. The number of rotatable bonds is 4. The summed E-state index contributed by atoms with van der Waals surface area (Å²) < 4.78 is 12.4. The molecule has 2 rings (SSSR count). The number of halogens is 1. The van der Waals surface area contributed by atoms with Gasteiger partial charge in [0.1, 0.15) is 0 Å². The Morgan fingerprint density at radius 2 is 2.22 bits per heavy atom. The average Bonchev–Trinajstić information content (AvgIpc) is 2.63. The zero-order valence-electron chi connectivity index (χ0n) is 11.1. The van der Waals surface area contributed by atoms with Gasteiger partial charge in [-0.15, -0.1) is 0 Å². The number of benzene rings is 1. The van der Waals surface area contributed by atoms with Gasteiger partial charge in [-0.2, -0.15) is 0 Å². The SMILES string of the molecule is Cc1cc(CNCC2COC(C)(C)O2)ccc1Br. The van der Waals surface area contributed by atoms with Gasteiger partial charge in [0.25, 0.3) is 0 Å². The molecule has 0 bridgehead atoms. The van der Waals surface area contributed by atoms with Crippen molar-refractivity contribution in [1.29, 1.82) is 0 Å². The Labute approximate surface area is 117 Å². The summed E-state index contributed by atoms with van der Waals surface area (Å²) in [4.78, 5) is 0. The predicted octanol–water partition coefficient (Wildman–Crippen LogP) is 3.00. The number of ether oxygens (including phenoxy) is 2. The lowest BCUT2D eigenvalue weighted by Crippen LogP contribution is -2.30. The third kappa shape index (κ3) is 3.79. The molecule has 0 radical (unpaired) electrons. The fourth-order valence-corrected chi connectivity index (χ4v) is 2.30. The van der Waals surface area contributed by atoms with Crippen LogP contribution < -0.4 is 5.32 Å². The quantitative estimate of drug-likeness (QED) is 0.927. The Kier molecular flexibility index (Phi) is 4.43. The van der Waals surface area contributed by atoms with Crippen molar-refractivity contribution in [3.8, 4) is 0 Å². The topological polar surface area (TPSA) is 30.5 Å². The Balaban J connectivity index is 1.77. The predicted molar refractivity (Wildman–Crippen MR) is 75.5 cm³/mol. The largest absolute Gasteiger partial charge is 0.348 e. The lowest BCUT2D eigenvalue weighted by atomic mass is 10.1. The van der Waals surface area contributed by atoms with Gasteiger partial charge >= 0.3 is 0 Å². The fourth-order valence-electron chi connectivity index (χ4n) is 2.06. The van der Waals surface area contributed by atoms with Crippen LogP contribution in [0.5, 0.6) is 0 Å². The molecule has 1 saturated heterocycles. The van der Waals surface area contributed by atoms with E-state index in [0.717, 1.165) is 17.6 Å². The first-order chi connectivity index (χ1) is 8.46. The maximum absolute atomic E-state index is 5.74. The lowest BCUT2D eigenvalue weighted by molar-refractivity contribution is -0.137. The van der Waals surface area contributed by atoms with Crippen molar-refractivity contribution in [2.45, 2.75) is 39.2 Å². The molecule has 1 N–H and O–H groups in total. The smallest absolute Gasteiger partial charge is 0.163 e. The Morgan fingerprint density at radius 1 is 1.44 bits per heavy atom. The summed E-state index contributed by atoms with van der Waals surface area (Å²) >= 11 is 3.51. The van der Waals surface area contributed by atoms with Crippen molar-refractivity contribution in [3.05, 3.63) is 33.8 Å². The highest BCUT2D eigenvalue weighted by Crippen LogP contribution is 2.22. The number of hydrogen-bond acceptors (Lipinski definition) is 3. The second-order valence-electron chi connectivity index (χ2n) is 5.17. The van der Waals surface area contributed by atoms with E-state index in [1.807, 2.05) is 13.8 Å². The minimum Gasteiger partial charge on any atom is -0.348 e. The molecule has 1 aliphatic rings. The summed E-state index contributed by atoms with van der Waals surface area (Å²) in [5.41, 5.74) is 2.55. The molecular weight excluding hydrogens is 294 g/mol. The summed E-state index contributed by atoms with van der Waals surface area (Å²) in [5, 5.41) is 3.41. The van der Waals surface area contributed by atoms with E-state index in [1.165, 1.54) is 11.1 Å². The Morgan fingerprint density at radius 3 is 2.83 bits per heavy atom. The fraction of sp³-hybridized carbons (Fsp3) is 0.571. The van der Waals surface area contributed by atoms with E-state index in [2.05, 4.69) is 46.4 Å². The molecule has 100 valence electrons. The zero-order valence-corrected chi connectivity index (χ0v) is 12.7. The molecular formula is C14H20BrNO2. The minimum absolute atomic E-state index is 0.150.